The third-order valence-corrected chi connectivity index (χ3v) is 4.75. The molecule has 0 saturated carbocycles. The Hall–Kier alpha value is -1.47. The van der Waals surface area contributed by atoms with E-state index in [-0.39, 0.29) is 0 Å². The number of nitrogens with zero attached hydrogens (tertiary/aromatic N) is 2. The first kappa shape index (κ1) is 18.9. The molecule has 0 unspecified atom stereocenters. The third-order valence-electron chi connectivity index (χ3n) is 3.34. The average molecular weight is 377 g/mol. The molecule has 2 rings (SSSR count). The van der Waals surface area contributed by atoms with Gasteiger partial charge < -0.3 is 5.11 Å². The zero-order chi connectivity index (χ0) is 17.7. The summed E-state index contributed by atoms with van der Waals surface area (Å²) in [6, 6.07) is 1.67. The lowest BCUT2D eigenvalue weighted by Gasteiger charge is -2.14. The number of allylic oxidation sites excluding steroid dienone is 3. The molecule has 24 heavy (non-hydrogen) atoms. The molecule has 3 nitrogen and oxygen atoms in total. The summed E-state index contributed by atoms with van der Waals surface area (Å²) in [4.78, 5) is 7.96. The van der Waals surface area contributed by atoms with E-state index >= 15 is 0 Å². The molecular formula is C16H16ClF3N2OS. The predicted molar refractivity (Wildman–Crippen MR) is 91.4 cm³/mol. The van der Waals surface area contributed by atoms with Crippen LogP contribution in [0.1, 0.15) is 31.0 Å². The molecule has 2 heterocycles. The smallest absolute Gasteiger partial charge is 0.433 e. The van der Waals surface area contributed by atoms with Gasteiger partial charge in [-0.3, -0.25) is 4.98 Å². The Morgan fingerprint density at radius 1 is 1.38 bits per heavy atom. The summed E-state index contributed by atoms with van der Waals surface area (Å²) in [6.45, 7) is 1.94. The number of pyridine rings is 1. The Labute approximate surface area is 147 Å². The number of aryl methyl sites for hydroxylation is 1. The van der Waals surface area contributed by atoms with Crippen molar-refractivity contribution in [1.82, 2.24) is 4.98 Å². The van der Waals surface area contributed by atoms with Crippen molar-refractivity contribution in [2.24, 2.45) is 4.99 Å². The lowest BCUT2D eigenvalue weighted by atomic mass is 10.2. The van der Waals surface area contributed by atoms with E-state index in [2.05, 4.69) is 9.98 Å². The van der Waals surface area contributed by atoms with Gasteiger partial charge in [-0.1, -0.05) is 18.5 Å². The van der Waals surface area contributed by atoms with Crippen LogP contribution in [0.15, 0.2) is 40.9 Å². The van der Waals surface area contributed by atoms with Crippen LogP contribution in [0.5, 0.6) is 0 Å². The molecule has 1 N–H and O–H groups in total. The molecule has 0 bridgehead atoms. The van der Waals surface area contributed by atoms with Crippen LogP contribution < -0.4 is 0 Å². The van der Waals surface area contributed by atoms with Gasteiger partial charge in [0.05, 0.1) is 5.04 Å². The summed E-state index contributed by atoms with van der Waals surface area (Å²) in [5, 5.41) is 10.3. The number of hydrogen-bond acceptors (Lipinski definition) is 4. The molecule has 0 fully saturated rings. The SMILES string of the molecule is CCc1nccc(Cl)c1CS/C1=N/C(C(F)(F)F)=C\C(O)=C/CC1. The highest BCUT2D eigenvalue weighted by Gasteiger charge is 2.34. The first-order valence-corrected chi connectivity index (χ1v) is 8.68. The third kappa shape index (κ3) is 5.01. The molecule has 0 saturated heterocycles. The van der Waals surface area contributed by atoms with E-state index in [1.165, 1.54) is 17.8 Å². The lowest BCUT2D eigenvalue weighted by molar-refractivity contribution is -0.0925. The van der Waals surface area contributed by atoms with Crippen molar-refractivity contribution in [2.45, 2.75) is 38.1 Å². The Balaban J connectivity index is 2.23. The highest BCUT2D eigenvalue weighted by Crippen LogP contribution is 2.32. The maximum absolute atomic E-state index is 13.0. The Bertz CT molecular complexity index is 699. The number of alkyl halides is 3. The second-order valence-corrected chi connectivity index (χ2v) is 6.52. The van der Waals surface area contributed by atoms with E-state index in [0.29, 0.717) is 41.2 Å². The molecule has 1 aromatic heterocycles. The van der Waals surface area contributed by atoms with Crippen LogP contribution in [0, 0.1) is 0 Å². The van der Waals surface area contributed by atoms with Crippen molar-refractivity contribution in [3.8, 4) is 0 Å². The standard InChI is InChI=1S/C16H16ClF3N2OS/c1-2-13-11(12(17)6-7-21-13)9-24-15-5-3-4-10(23)8-14(22-15)16(18,19)20/h4,6-8,23H,2-3,5,9H2,1H3/b10-4+,14-8-,22-15+. The summed E-state index contributed by atoms with van der Waals surface area (Å²) in [5.41, 5.74) is 0.532. The fourth-order valence-corrected chi connectivity index (χ4v) is 3.51. The number of aliphatic hydroxyl groups excluding tert-OH is 1. The predicted octanol–water partition coefficient (Wildman–Crippen LogP) is 5.61. The van der Waals surface area contributed by atoms with E-state index in [4.69, 9.17) is 11.6 Å². The molecule has 130 valence electrons. The molecule has 0 aliphatic carbocycles. The molecule has 0 spiro atoms. The van der Waals surface area contributed by atoms with Gasteiger partial charge in [-0.2, -0.15) is 13.2 Å². The van der Waals surface area contributed by atoms with Crippen LogP contribution in [0.2, 0.25) is 5.02 Å². The van der Waals surface area contributed by atoms with Crippen molar-refractivity contribution in [2.75, 3.05) is 0 Å². The summed E-state index contributed by atoms with van der Waals surface area (Å²) >= 11 is 7.39. The van der Waals surface area contributed by atoms with Crippen molar-refractivity contribution in [3.05, 3.63) is 52.2 Å². The van der Waals surface area contributed by atoms with Gasteiger partial charge in [0.25, 0.3) is 0 Å². The Morgan fingerprint density at radius 2 is 2.12 bits per heavy atom. The van der Waals surface area contributed by atoms with Crippen molar-refractivity contribution < 1.29 is 18.3 Å². The van der Waals surface area contributed by atoms with Crippen LogP contribution >= 0.6 is 23.4 Å². The van der Waals surface area contributed by atoms with Crippen LogP contribution in [-0.2, 0) is 12.2 Å². The van der Waals surface area contributed by atoms with Gasteiger partial charge in [0.15, 0.2) is 0 Å². The minimum atomic E-state index is -4.62. The topological polar surface area (TPSA) is 45.5 Å². The highest BCUT2D eigenvalue weighted by atomic mass is 35.5. The van der Waals surface area contributed by atoms with Crippen LogP contribution in [0.25, 0.3) is 0 Å². The van der Waals surface area contributed by atoms with Gasteiger partial charge >= 0.3 is 6.18 Å². The Morgan fingerprint density at radius 3 is 2.79 bits per heavy atom. The van der Waals surface area contributed by atoms with E-state index in [0.717, 1.165) is 11.3 Å². The minimum Gasteiger partial charge on any atom is -0.508 e. The van der Waals surface area contributed by atoms with Gasteiger partial charge in [0.2, 0.25) is 0 Å². The fraction of sp³-hybridized carbons (Fsp3) is 0.375. The summed E-state index contributed by atoms with van der Waals surface area (Å²) in [6.07, 6.45) is 0.422. The summed E-state index contributed by atoms with van der Waals surface area (Å²) < 4.78 is 39.0. The molecule has 1 aliphatic rings. The van der Waals surface area contributed by atoms with Gasteiger partial charge in [0.1, 0.15) is 11.5 Å². The second kappa shape index (κ2) is 8.07. The first-order chi connectivity index (χ1) is 11.3. The van der Waals surface area contributed by atoms with Gasteiger partial charge in [-0.05, 0) is 31.4 Å². The maximum atomic E-state index is 13.0. The molecule has 1 aliphatic heterocycles. The number of halogens is 4. The van der Waals surface area contributed by atoms with Crippen LogP contribution in [0.3, 0.4) is 0 Å². The van der Waals surface area contributed by atoms with Crippen molar-refractivity contribution in [3.63, 3.8) is 0 Å². The first-order valence-electron chi connectivity index (χ1n) is 7.32. The Kier molecular flexibility index (Phi) is 6.34. The summed E-state index contributed by atoms with van der Waals surface area (Å²) in [5.74, 6) is -0.0195. The quantitative estimate of drug-likeness (QED) is 0.745. The molecular weight excluding hydrogens is 361 g/mol. The number of thioether (sulfide) groups is 1. The van der Waals surface area contributed by atoms with Crippen molar-refractivity contribution in [1.29, 1.82) is 0 Å². The number of aliphatic hydroxyl groups is 1. The molecule has 0 amide bonds. The largest absolute Gasteiger partial charge is 0.508 e. The molecule has 0 aromatic carbocycles. The maximum Gasteiger partial charge on any atom is 0.433 e. The van der Waals surface area contributed by atoms with Crippen LogP contribution in [-0.4, -0.2) is 21.3 Å². The van der Waals surface area contributed by atoms with E-state index in [1.807, 2.05) is 6.92 Å². The fourth-order valence-electron chi connectivity index (χ4n) is 2.14. The summed E-state index contributed by atoms with van der Waals surface area (Å²) in [7, 11) is 0. The van der Waals surface area contributed by atoms with Crippen LogP contribution in [0.4, 0.5) is 13.2 Å². The number of hydrogen-bond donors (Lipinski definition) is 1. The zero-order valence-electron chi connectivity index (χ0n) is 12.9. The lowest BCUT2D eigenvalue weighted by Crippen LogP contribution is -2.13. The van der Waals surface area contributed by atoms with Gasteiger partial charge in [0, 0.05) is 34.3 Å². The van der Waals surface area contributed by atoms with Gasteiger partial charge in [-0.25, -0.2) is 4.99 Å². The monoisotopic (exact) mass is 376 g/mol. The molecule has 1 aromatic rings. The molecule has 8 heteroatoms. The minimum absolute atomic E-state index is 0.321. The zero-order valence-corrected chi connectivity index (χ0v) is 14.5. The van der Waals surface area contributed by atoms with E-state index in [9.17, 15) is 18.3 Å². The number of aromatic nitrogens is 1. The van der Waals surface area contributed by atoms with Gasteiger partial charge in [-0.15, -0.1) is 11.8 Å². The van der Waals surface area contributed by atoms with E-state index in [1.54, 1.807) is 12.3 Å². The number of rotatable bonds is 3. The van der Waals surface area contributed by atoms with Crippen molar-refractivity contribution >= 4 is 28.4 Å². The molecule has 0 atom stereocenters. The molecule has 0 radical (unpaired) electrons. The second-order valence-electron chi connectivity index (χ2n) is 5.06. The normalized spacial score (nSPS) is 22.5. The highest BCUT2D eigenvalue weighted by molar-refractivity contribution is 8.13. The van der Waals surface area contributed by atoms with E-state index < -0.39 is 17.6 Å². The number of aliphatic imine (C=N–C) groups is 1. The average Bonchev–Trinajstić information content (AvgIpc) is 2.48.